The number of fused-ring (bicyclic) bond motifs is 1. The molecule has 1 spiro atoms. The standard InChI is InChI=1S/C24H26N4O4/c29-18(14-28-11-8-24(9-12-28)16-25-23(30)32-24)15-31-22-6-5-19(17-7-10-26-27-13-17)20-3-1-2-4-21(20)22/h1-7,10,13,18,29H,8-9,11-12,14-16H2,(H,25,30). The number of nitrogens with one attached hydrogen (secondary N) is 1. The van der Waals surface area contributed by atoms with Crippen molar-refractivity contribution in [3.8, 4) is 16.9 Å². The number of benzene rings is 2. The fourth-order valence-corrected chi connectivity index (χ4v) is 4.56. The van der Waals surface area contributed by atoms with Crippen LogP contribution in [0.3, 0.4) is 0 Å². The smallest absolute Gasteiger partial charge is 0.407 e. The van der Waals surface area contributed by atoms with Crippen molar-refractivity contribution in [1.82, 2.24) is 20.4 Å². The van der Waals surface area contributed by atoms with Crippen molar-refractivity contribution in [2.75, 3.05) is 32.8 Å². The first-order valence-corrected chi connectivity index (χ1v) is 10.9. The molecule has 2 aliphatic heterocycles. The van der Waals surface area contributed by atoms with E-state index < -0.39 is 6.10 Å². The van der Waals surface area contributed by atoms with Gasteiger partial charge in [-0.1, -0.05) is 24.3 Å². The third kappa shape index (κ3) is 4.24. The average molecular weight is 434 g/mol. The molecule has 1 unspecified atom stereocenters. The van der Waals surface area contributed by atoms with Crippen molar-refractivity contribution in [2.24, 2.45) is 0 Å². The number of aliphatic hydroxyl groups excluding tert-OH is 1. The van der Waals surface area contributed by atoms with E-state index in [-0.39, 0.29) is 18.3 Å². The normalized spacial score (nSPS) is 19.0. The molecule has 1 aromatic heterocycles. The molecule has 0 radical (unpaired) electrons. The molecule has 5 rings (SSSR count). The van der Waals surface area contributed by atoms with Crippen LogP contribution in [0.1, 0.15) is 12.8 Å². The first kappa shape index (κ1) is 20.7. The molecule has 32 heavy (non-hydrogen) atoms. The molecular weight excluding hydrogens is 408 g/mol. The highest BCUT2D eigenvalue weighted by molar-refractivity contribution is 5.99. The largest absolute Gasteiger partial charge is 0.490 e. The SMILES string of the molecule is O=C1NCC2(CCN(CC(O)COc3ccc(-c4ccnnc4)c4ccccc34)CC2)O1. The number of hydrogen-bond acceptors (Lipinski definition) is 7. The van der Waals surface area contributed by atoms with Crippen LogP contribution in [-0.2, 0) is 4.74 Å². The van der Waals surface area contributed by atoms with E-state index in [2.05, 4.69) is 26.5 Å². The molecule has 3 aromatic rings. The van der Waals surface area contributed by atoms with Gasteiger partial charge in [0.15, 0.2) is 0 Å². The zero-order valence-electron chi connectivity index (χ0n) is 17.7. The second-order valence-corrected chi connectivity index (χ2v) is 8.48. The summed E-state index contributed by atoms with van der Waals surface area (Å²) in [5.74, 6) is 0.743. The highest BCUT2D eigenvalue weighted by Gasteiger charge is 2.42. The Kier molecular flexibility index (Phi) is 5.63. The van der Waals surface area contributed by atoms with E-state index in [4.69, 9.17) is 9.47 Å². The minimum Gasteiger partial charge on any atom is -0.490 e. The van der Waals surface area contributed by atoms with Crippen LogP contribution in [-0.4, -0.2) is 70.8 Å². The van der Waals surface area contributed by atoms with Gasteiger partial charge in [-0.2, -0.15) is 10.2 Å². The fourth-order valence-electron chi connectivity index (χ4n) is 4.56. The van der Waals surface area contributed by atoms with Gasteiger partial charge in [-0.3, -0.25) is 0 Å². The summed E-state index contributed by atoms with van der Waals surface area (Å²) >= 11 is 0. The van der Waals surface area contributed by atoms with E-state index in [9.17, 15) is 9.90 Å². The average Bonchev–Trinajstić information content (AvgIpc) is 3.19. The molecule has 2 fully saturated rings. The number of β-amino-alcohol motifs (C(OH)–C–C–N with tert-alkyl or cyclic N) is 1. The molecule has 0 bridgehead atoms. The summed E-state index contributed by atoms with van der Waals surface area (Å²) in [5.41, 5.74) is 1.68. The molecule has 1 amide bonds. The fraction of sp³-hybridized carbons (Fsp3) is 0.375. The van der Waals surface area contributed by atoms with Crippen molar-refractivity contribution in [3.05, 3.63) is 54.9 Å². The number of alkyl carbamates (subject to hydrolysis) is 1. The van der Waals surface area contributed by atoms with Gasteiger partial charge >= 0.3 is 6.09 Å². The van der Waals surface area contributed by atoms with Crippen molar-refractivity contribution in [2.45, 2.75) is 24.5 Å². The Morgan fingerprint density at radius 2 is 1.94 bits per heavy atom. The Morgan fingerprint density at radius 1 is 1.12 bits per heavy atom. The van der Waals surface area contributed by atoms with E-state index in [0.717, 1.165) is 53.6 Å². The number of ether oxygens (including phenoxy) is 2. The van der Waals surface area contributed by atoms with E-state index >= 15 is 0 Å². The Hall–Kier alpha value is -3.23. The summed E-state index contributed by atoms with van der Waals surface area (Å²) in [5, 5.41) is 23.2. The number of aromatic nitrogens is 2. The van der Waals surface area contributed by atoms with Crippen LogP contribution < -0.4 is 10.1 Å². The van der Waals surface area contributed by atoms with Gasteiger partial charge in [0.05, 0.1) is 18.9 Å². The molecular formula is C24H26N4O4. The molecule has 2 aliphatic rings. The van der Waals surface area contributed by atoms with Crippen LogP contribution in [0.4, 0.5) is 4.79 Å². The Bertz CT molecular complexity index is 1100. The number of piperidine rings is 1. The predicted octanol–water partition coefficient (Wildman–Crippen LogP) is 2.61. The maximum absolute atomic E-state index is 11.4. The van der Waals surface area contributed by atoms with Gasteiger partial charge in [0.25, 0.3) is 0 Å². The van der Waals surface area contributed by atoms with Crippen LogP contribution in [0.25, 0.3) is 21.9 Å². The Labute approximate surface area is 186 Å². The summed E-state index contributed by atoms with van der Waals surface area (Å²) in [6.45, 7) is 2.87. The lowest BCUT2D eigenvalue weighted by Gasteiger charge is -2.37. The minimum atomic E-state index is -0.615. The summed E-state index contributed by atoms with van der Waals surface area (Å²) in [7, 11) is 0. The van der Waals surface area contributed by atoms with Crippen LogP contribution in [0.2, 0.25) is 0 Å². The first-order chi connectivity index (χ1) is 15.6. The van der Waals surface area contributed by atoms with Gasteiger partial charge < -0.3 is 24.8 Å². The second kappa shape index (κ2) is 8.72. The zero-order valence-corrected chi connectivity index (χ0v) is 17.7. The van der Waals surface area contributed by atoms with Gasteiger partial charge in [0.1, 0.15) is 24.1 Å². The maximum atomic E-state index is 11.4. The maximum Gasteiger partial charge on any atom is 0.407 e. The summed E-state index contributed by atoms with van der Waals surface area (Å²) < 4.78 is 11.5. The Morgan fingerprint density at radius 3 is 2.66 bits per heavy atom. The van der Waals surface area contributed by atoms with Crippen LogP contribution in [0.5, 0.6) is 5.75 Å². The van der Waals surface area contributed by atoms with E-state index in [1.54, 1.807) is 12.4 Å². The lowest BCUT2D eigenvalue weighted by Crippen LogP contribution is -2.49. The molecule has 166 valence electrons. The highest BCUT2D eigenvalue weighted by Crippen LogP contribution is 2.34. The summed E-state index contributed by atoms with van der Waals surface area (Å²) in [4.78, 5) is 13.6. The number of nitrogens with zero attached hydrogens (tertiary/aromatic N) is 3. The van der Waals surface area contributed by atoms with Crippen molar-refractivity contribution < 1.29 is 19.4 Å². The molecule has 8 nitrogen and oxygen atoms in total. The van der Waals surface area contributed by atoms with Gasteiger partial charge in [0, 0.05) is 43.4 Å². The number of rotatable bonds is 6. The molecule has 0 saturated carbocycles. The van der Waals surface area contributed by atoms with Crippen LogP contribution in [0, 0.1) is 0 Å². The van der Waals surface area contributed by atoms with E-state index in [0.29, 0.717) is 13.1 Å². The molecule has 1 atom stereocenters. The summed E-state index contributed by atoms with van der Waals surface area (Å²) in [6.07, 6.45) is 4.03. The van der Waals surface area contributed by atoms with E-state index in [1.807, 2.05) is 36.4 Å². The number of hydrogen-bond donors (Lipinski definition) is 2. The predicted molar refractivity (Wildman–Crippen MR) is 119 cm³/mol. The third-order valence-electron chi connectivity index (χ3n) is 6.31. The quantitative estimate of drug-likeness (QED) is 0.616. The number of carbonyl (C=O) groups is 1. The Balaban J connectivity index is 1.22. The topological polar surface area (TPSA) is 96.8 Å². The number of likely N-dealkylation sites (tertiary alicyclic amines) is 1. The lowest BCUT2D eigenvalue weighted by molar-refractivity contribution is -0.0141. The van der Waals surface area contributed by atoms with Gasteiger partial charge in [-0.25, -0.2) is 4.79 Å². The molecule has 2 aromatic carbocycles. The number of aliphatic hydroxyl groups is 1. The molecule has 0 aliphatic carbocycles. The lowest BCUT2D eigenvalue weighted by atomic mass is 9.91. The second-order valence-electron chi connectivity index (χ2n) is 8.48. The molecule has 2 N–H and O–H groups in total. The zero-order chi connectivity index (χ0) is 22.0. The van der Waals surface area contributed by atoms with Crippen LogP contribution in [0.15, 0.2) is 54.9 Å². The van der Waals surface area contributed by atoms with Crippen molar-refractivity contribution >= 4 is 16.9 Å². The molecule has 3 heterocycles. The third-order valence-corrected chi connectivity index (χ3v) is 6.31. The van der Waals surface area contributed by atoms with Gasteiger partial charge in [-0.05, 0) is 29.1 Å². The van der Waals surface area contributed by atoms with Gasteiger partial charge in [0.2, 0.25) is 0 Å². The highest BCUT2D eigenvalue weighted by atomic mass is 16.6. The van der Waals surface area contributed by atoms with Gasteiger partial charge in [-0.15, -0.1) is 0 Å². The first-order valence-electron chi connectivity index (χ1n) is 10.9. The van der Waals surface area contributed by atoms with Crippen LogP contribution >= 0.6 is 0 Å². The van der Waals surface area contributed by atoms with Crippen molar-refractivity contribution in [1.29, 1.82) is 0 Å². The molecule has 2 saturated heterocycles. The minimum absolute atomic E-state index is 0.207. The number of carbonyl (C=O) groups excluding carboxylic acids is 1. The monoisotopic (exact) mass is 434 g/mol. The number of amides is 1. The van der Waals surface area contributed by atoms with Crippen molar-refractivity contribution in [3.63, 3.8) is 0 Å². The molecule has 8 heteroatoms. The summed E-state index contributed by atoms with van der Waals surface area (Å²) in [6, 6.07) is 14.0. The van der Waals surface area contributed by atoms with E-state index in [1.165, 1.54) is 0 Å².